The molecule has 1 N–H and O–H groups in total. The molecule has 0 aromatic heterocycles. The van der Waals surface area contributed by atoms with Gasteiger partial charge in [0.2, 0.25) is 0 Å². The minimum atomic E-state index is -2.21. The van der Waals surface area contributed by atoms with Gasteiger partial charge in [0.05, 0.1) is 0 Å². The summed E-state index contributed by atoms with van der Waals surface area (Å²) < 4.78 is 12.8. The van der Waals surface area contributed by atoms with Gasteiger partial charge in [-0.3, -0.25) is 0 Å². The Labute approximate surface area is 210 Å². The van der Waals surface area contributed by atoms with Gasteiger partial charge in [-0.1, -0.05) is 107 Å². The van der Waals surface area contributed by atoms with Crippen LogP contribution < -0.4 is 9.05 Å². The molecule has 190 valence electrons. The molecule has 34 heavy (non-hydrogen) atoms. The Morgan fingerprint density at radius 3 is 1.06 bits per heavy atom. The molecule has 0 fully saturated rings. The first-order valence-electron chi connectivity index (χ1n) is 12.3. The fraction of sp³-hybridized carbons (Fsp3) is 0.600. The lowest BCUT2D eigenvalue weighted by atomic mass is 9.77. The summed E-state index contributed by atoms with van der Waals surface area (Å²) in [5.74, 6) is 1.49. The van der Waals surface area contributed by atoms with Gasteiger partial charge in [-0.2, -0.15) is 0 Å². The number of hydrogen-bond donors (Lipinski definition) is 1. The zero-order valence-corrected chi connectivity index (χ0v) is 24.9. The number of rotatable bonds is 4. The normalized spacial score (nSPS) is 13.4. The molecule has 0 bridgehead atoms. The lowest BCUT2D eigenvalue weighted by Crippen LogP contribution is -2.22. The molecule has 0 saturated carbocycles. The fourth-order valence-corrected chi connectivity index (χ4v) is 5.50. The first-order valence-corrected chi connectivity index (χ1v) is 13.4. The second kappa shape index (κ2) is 9.47. The standard InChI is InChI=1S/C30H47O3P/c1-19-15-17-21(27(3,4)5)25(23(19)29(9,10)11)32-34(31)33-26-22(28(6,7)8)18-16-20(2)24(26)30(12,13)14/h15-18,31H,1-14H3. The van der Waals surface area contributed by atoms with Crippen LogP contribution in [0.2, 0.25) is 0 Å². The SMILES string of the molecule is Cc1ccc(C(C)(C)C)c(OP(O)Oc2c(C(C)(C)C)ccc(C)c2C(C)(C)C)c1C(C)(C)C. The molecule has 0 amide bonds. The van der Waals surface area contributed by atoms with E-state index >= 15 is 0 Å². The van der Waals surface area contributed by atoms with E-state index in [1.165, 1.54) is 0 Å². The van der Waals surface area contributed by atoms with Crippen molar-refractivity contribution in [2.45, 2.75) is 119 Å². The third-order valence-corrected chi connectivity index (χ3v) is 6.86. The van der Waals surface area contributed by atoms with Crippen molar-refractivity contribution in [3.05, 3.63) is 57.6 Å². The van der Waals surface area contributed by atoms with Crippen LogP contribution in [-0.4, -0.2) is 4.89 Å². The summed E-state index contributed by atoms with van der Waals surface area (Å²) in [5, 5.41) is 0. The molecule has 2 aromatic carbocycles. The van der Waals surface area contributed by atoms with E-state index < -0.39 is 8.60 Å². The number of aryl methyl sites for hydroxylation is 2. The highest BCUT2D eigenvalue weighted by Crippen LogP contribution is 2.50. The maximum absolute atomic E-state index is 11.3. The molecule has 0 atom stereocenters. The average molecular weight is 487 g/mol. The molecule has 0 spiro atoms. The molecule has 0 radical (unpaired) electrons. The summed E-state index contributed by atoms with van der Waals surface area (Å²) in [6.45, 7) is 30.4. The quantitative estimate of drug-likeness (QED) is 0.438. The molecule has 0 aliphatic carbocycles. The van der Waals surface area contributed by atoms with Crippen LogP contribution in [0.3, 0.4) is 0 Å². The summed E-state index contributed by atoms with van der Waals surface area (Å²) in [4.78, 5) is 11.3. The van der Waals surface area contributed by atoms with Crippen molar-refractivity contribution in [3.8, 4) is 11.5 Å². The highest BCUT2D eigenvalue weighted by molar-refractivity contribution is 7.41. The highest BCUT2D eigenvalue weighted by atomic mass is 31.2. The first kappa shape index (κ1) is 28.7. The lowest BCUT2D eigenvalue weighted by molar-refractivity contribution is 0.360. The van der Waals surface area contributed by atoms with Crippen LogP contribution in [0.4, 0.5) is 0 Å². The molecular formula is C30H47O3P. The Morgan fingerprint density at radius 2 is 0.824 bits per heavy atom. The van der Waals surface area contributed by atoms with Crippen LogP contribution in [0.1, 0.15) is 116 Å². The Balaban J connectivity index is 2.68. The molecule has 0 aliphatic heterocycles. The molecule has 0 unspecified atom stereocenters. The smallest absolute Gasteiger partial charge is 0.417 e. The molecule has 0 saturated heterocycles. The van der Waals surface area contributed by atoms with Crippen LogP contribution >= 0.6 is 8.60 Å². The van der Waals surface area contributed by atoms with Gasteiger partial charge in [-0.05, 0) is 46.6 Å². The van der Waals surface area contributed by atoms with Crippen LogP contribution in [-0.2, 0) is 21.7 Å². The highest BCUT2D eigenvalue weighted by Gasteiger charge is 2.33. The van der Waals surface area contributed by atoms with E-state index in [-0.39, 0.29) is 21.7 Å². The van der Waals surface area contributed by atoms with Crippen molar-refractivity contribution in [2.24, 2.45) is 0 Å². The maximum atomic E-state index is 11.3. The Hall–Kier alpha value is -1.57. The van der Waals surface area contributed by atoms with Crippen molar-refractivity contribution < 1.29 is 13.9 Å². The van der Waals surface area contributed by atoms with Gasteiger partial charge in [-0.15, -0.1) is 0 Å². The molecule has 3 nitrogen and oxygen atoms in total. The van der Waals surface area contributed by atoms with Gasteiger partial charge in [-0.25, -0.2) is 0 Å². The minimum absolute atomic E-state index is 0.143. The molecular weight excluding hydrogens is 439 g/mol. The van der Waals surface area contributed by atoms with E-state index in [1.807, 2.05) is 0 Å². The maximum Gasteiger partial charge on any atom is 0.460 e. The average Bonchev–Trinajstić information content (AvgIpc) is 2.57. The molecule has 0 aliphatic rings. The van der Waals surface area contributed by atoms with Crippen LogP contribution in [0.25, 0.3) is 0 Å². The van der Waals surface area contributed by atoms with Gasteiger partial charge < -0.3 is 13.9 Å². The van der Waals surface area contributed by atoms with Gasteiger partial charge >= 0.3 is 8.60 Å². The van der Waals surface area contributed by atoms with E-state index in [2.05, 4.69) is 121 Å². The third kappa shape index (κ3) is 6.35. The zero-order valence-electron chi connectivity index (χ0n) is 24.0. The first-order chi connectivity index (χ1) is 15.2. The van der Waals surface area contributed by atoms with Gasteiger partial charge in [0.1, 0.15) is 11.5 Å². The lowest BCUT2D eigenvalue weighted by Gasteiger charge is -2.33. The third-order valence-electron chi connectivity index (χ3n) is 6.19. The Kier molecular flexibility index (Phi) is 7.99. The summed E-state index contributed by atoms with van der Waals surface area (Å²) in [5.41, 5.74) is 6.10. The second-order valence-electron chi connectivity index (χ2n) is 13.7. The van der Waals surface area contributed by atoms with Crippen molar-refractivity contribution in [1.29, 1.82) is 0 Å². The number of hydrogen-bond acceptors (Lipinski definition) is 3. The monoisotopic (exact) mass is 486 g/mol. The summed E-state index contributed by atoms with van der Waals surface area (Å²) >= 11 is 0. The largest absolute Gasteiger partial charge is 0.460 e. The summed E-state index contributed by atoms with van der Waals surface area (Å²) in [6, 6.07) is 8.56. The topological polar surface area (TPSA) is 38.7 Å². The van der Waals surface area contributed by atoms with Gasteiger partial charge in [0.25, 0.3) is 0 Å². The molecule has 2 aromatic rings. The van der Waals surface area contributed by atoms with E-state index in [4.69, 9.17) is 9.05 Å². The Morgan fingerprint density at radius 1 is 0.529 bits per heavy atom. The van der Waals surface area contributed by atoms with Crippen LogP contribution in [0.5, 0.6) is 11.5 Å². The van der Waals surface area contributed by atoms with Crippen LogP contribution in [0.15, 0.2) is 24.3 Å². The van der Waals surface area contributed by atoms with E-state index in [0.717, 1.165) is 44.9 Å². The molecule has 4 heteroatoms. The molecule has 0 heterocycles. The van der Waals surface area contributed by atoms with Crippen molar-refractivity contribution in [1.82, 2.24) is 0 Å². The van der Waals surface area contributed by atoms with Crippen LogP contribution in [0, 0.1) is 13.8 Å². The van der Waals surface area contributed by atoms with E-state index in [9.17, 15) is 4.89 Å². The minimum Gasteiger partial charge on any atom is -0.417 e. The van der Waals surface area contributed by atoms with Gasteiger partial charge in [0.15, 0.2) is 0 Å². The van der Waals surface area contributed by atoms with E-state index in [0.29, 0.717) is 0 Å². The van der Waals surface area contributed by atoms with Crippen molar-refractivity contribution in [3.63, 3.8) is 0 Å². The number of benzene rings is 2. The summed E-state index contributed by atoms with van der Waals surface area (Å²) in [7, 11) is -2.21. The fourth-order valence-electron chi connectivity index (χ4n) is 4.77. The second-order valence-corrected chi connectivity index (χ2v) is 14.5. The Bertz CT molecular complexity index is 942. The predicted octanol–water partition coefficient (Wildman–Crippen LogP) is 9.17. The van der Waals surface area contributed by atoms with Gasteiger partial charge in [0, 0.05) is 22.3 Å². The van der Waals surface area contributed by atoms with Crippen molar-refractivity contribution >= 4 is 8.60 Å². The molecule has 2 rings (SSSR count). The zero-order chi connectivity index (χ0) is 26.4. The predicted molar refractivity (Wildman–Crippen MR) is 148 cm³/mol. The van der Waals surface area contributed by atoms with E-state index in [1.54, 1.807) is 0 Å². The van der Waals surface area contributed by atoms with Crippen molar-refractivity contribution in [2.75, 3.05) is 0 Å². The summed E-state index contributed by atoms with van der Waals surface area (Å²) in [6.07, 6.45) is 0.